The molecule has 0 unspecified atom stereocenters. The van der Waals surface area contributed by atoms with Gasteiger partial charge in [0, 0.05) is 52.6 Å². The van der Waals surface area contributed by atoms with E-state index in [0.717, 1.165) is 48.1 Å². The first-order valence-electron chi connectivity index (χ1n) is 12.1. The molecule has 180 valence electrons. The second-order valence-electron chi connectivity index (χ2n) is 8.70. The van der Waals surface area contributed by atoms with E-state index in [9.17, 15) is 9.59 Å². The van der Waals surface area contributed by atoms with Crippen LogP contribution in [-0.4, -0.2) is 29.5 Å². The molecule has 8 nitrogen and oxygen atoms in total. The first-order valence-corrected chi connectivity index (χ1v) is 12.1. The summed E-state index contributed by atoms with van der Waals surface area (Å²) in [5.41, 5.74) is 14.1. The Bertz CT molecular complexity index is 1390. The molecule has 0 spiro atoms. The molecule has 1 aliphatic rings. The van der Waals surface area contributed by atoms with Gasteiger partial charge in [-0.25, -0.2) is 0 Å². The Morgan fingerprint density at radius 1 is 0.743 bits per heavy atom. The maximum atomic E-state index is 12.7. The second-order valence-corrected chi connectivity index (χ2v) is 8.70. The summed E-state index contributed by atoms with van der Waals surface area (Å²) in [5.74, 6) is -0.141. The zero-order valence-electron chi connectivity index (χ0n) is 19.8. The standard InChI is InChI=1S/C27H30N6O2/c1-2-33-24-9-5-4-8-20(24)21-16-18(11-13-25(21)33)26(34)28-14-6-3-7-15-29-27(35)19-10-12-22-23(17-19)31-32-30-22/h4-5,8-13,16-17,30-32H,2-3,6-7,14-15H2,1H3,(H,28,34)(H,29,35). The molecule has 3 aromatic carbocycles. The number of rotatable bonds is 9. The van der Waals surface area contributed by atoms with Crippen LogP contribution in [0.5, 0.6) is 0 Å². The van der Waals surface area contributed by atoms with Crippen LogP contribution < -0.4 is 27.0 Å². The number of hydrazine groups is 2. The van der Waals surface area contributed by atoms with Crippen molar-refractivity contribution >= 4 is 45.0 Å². The number of para-hydroxylation sites is 1. The number of nitrogens with zero attached hydrogens (tertiary/aromatic N) is 1. The van der Waals surface area contributed by atoms with Crippen molar-refractivity contribution in [3.63, 3.8) is 0 Å². The third-order valence-electron chi connectivity index (χ3n) is 6.45. The summed E-state index contributed by atoms with van der Waals surface area (Å²) in [5, 5.41) is 8.27. The minimum Gasteiger partial charge on any atom is -0.352 e. The van der Waals surface area contributed by atoms with Gasteiger partial charge in [-0.05, 0) is 68.7 Å². The van der Waals surface area contributed by atoms with Crippen LogP contribution in [0.15, 0.2) is 60.7 Å². The molecule has 5 rings (SSSR count). The third kappa shape index (κ3) is 4.65. The molecule has 2 amide bonds. The van der Waals surface area contributed by atoms with Crippen molar-refractivity contribution < 1.29 is 9.59 Å². The molecule has 4 aromatic rings. The smallest absolute Gasteiger partial charge is 0.251 e. The highest BCUT2D eigenvalue weighted by Gasteiger charge is 2.14. The molecule has 0 bridgehead atoms. The lowest BCUT2D eigenvalue weighted by Crippen LogP contribution is -2.26. The summed E-state index contributed by atoms with van der Waals surface area (Å²) >= 11 is 0. The number of nitrogens with one attached hydrogen (secondary N) is 5. The molecular formula is C27H30N6O2. The summed E-state index contributed by atoms with van der Waals surface area (Å²) in [7, 11) is 0. The summed E-state index contributed by atoms with van der Waals surface area (Å²) in [6, 6.07) is 19.7. The van der Waals surface area contributed by atoms with Crippen LogP contribution in [0, 0.1) is 0 Å². The maximum absolute atomic E-state index is 12.7. The van der Waals surface area contributed by atoms with Crippen molar-refractivity contribution in [2.75, 3.05) is 23.9 Å². The first-order chi connectivity index (χ1) is 17.2. The van der Waals surface area contributed by atoms with E-state index in [2.05, 4.69) is 50.6 Å². The predicted molar refractivity (Wildman–Crippen MR) is 140 cm³/mol. The predicted octanol–water partition coefficient (Wildman–Crippen LogP) is 4.40. The number of hydrogen-bond donors (Lipinski definition) is 5. The Hall–Kier alpha value is -4.04. The lowest BCUT2D eigenvalue weighted by Gasteiger charge is -2.08. The Balaban J connectivity index is 1.07. The van der Waals surface area contributed by atoms with Crippen molar-refractivity contribution in [1.82, 2.24) is 20.7 Å². The van der Waals surface area contributed by atoms with Gasteiger partial charge in [-0.3, -0.25) is 9.59 Å². The number of hydrogen-bond acceptors (Lipinski definition) is 5. The molecule has 35 heavy (non-hydrogen) atoms. The minimum atomic E-state index is -0.0883. The van der Waals surface area contributed by atoms with Gasteiger partial charge in [0.15, 0.2) is 0 Å². The average molecular weight is 471 g/mol. The average Bonchev–Trinajstić information content (AvgIpc) is 3.49. The van der Waals surface area contributed by atoms with E-state index in [-0.39, 0.29) is 11.8 Å². The number of carbonyl (C=O) groups excluding carboxylic acids is 2. The third-order valence-corrected chi connectivity index (χ3v) is 6.45. The van der Waals surface area contributed by atoms with Crippen molar-refractivity contribution in [2.24, 2.45) is 0 Å². The van der Waals surface area contributed by atoms with Crippen LogP contribution >= 0.6 is 0 Å². The van der Waals surface area contributed by atoms with E-state index in [0.29, 0.717) is 24.2 Å². The summed E-state index contributed by atoms with van der Waals surface area (Å²) in [4.78, 5) is 25.1. The van der Waals surface area contributed by atoms with Crippen LogP contribution in [0.3, 0.4) is 0 Å². The van der Waals surface area contributed by atoms with Crippen LogP contribution in [0.4, 0.5) is 11.4 Å². The van der Waals surface area contributed by atoms with Crippen molar-refractivity contribution in [3.05, 3.63) is 71.8 Å². The lowest BCUT2D eigenvalue weighted by molar-refractivity contribution is 0.0947. The van der Waals surface area contributed by atoms with E-state index in [4.69, 9.17) is 0 Å². The van der Waals surface area contributed by atoms with E-state index in [1.807, 2.05) is 42.5 Å². The number of carbonyl (C=O) groups is 2. The number of aryl methyl sites for hydroxylation is 1. The fraction of sp³-hybridized carbons (Fsp3) is 0.259. The van der Waals surface area contributed by atoms with Crippen molar-refractivity contribution in [2.45, 2.75) is 32.7 Å². The zero-order chi connectivity index (χ0) is 24.2. The second kappa shape index (κ2) is 10.1. The van der Waals surface area contributed by atoms with Crippen LogP contribution in [-0.2, 0) is 6.54 Å². The Morgan fingerprint density at radius 3 is 2.17 bits per heavy atom. The van der Waals surface area contributed by atoms with Crippen molar-refractivity contribution in [3.8, 4) is 0 Å². The van der Waals surface area contributed by atoms with Gasteiger partial charge in [-0.1, -0.05) is 18.2 Å². The molecule has 1 aromatic heterocycles. The van der Waals surface area contributed by atoms with Gasteiger partial charge in [0.05, 0.1) is 11.4 Å². The quantitative estimate of drug-likeness (QED) is 0.234. The SMILES string of the molecule is CCn1c2ccccc2c2cc(C(=O)NCCCCCNC(=O)c3ccc4c(c3)NNN4)ccc21. The Labute approximate surface area is 204 Å². The Kier molecular flexibility index (Phi) is 6.54. The number of fused-ring (bicyclic) bond motifs is 4. The number of benzene rings is 3. The summed E-state index contributed by atoms with van der Waals surface area (Å²) in [6.45, 7) is 4.23. The van der Waals surface area contributed by atoms with E-state index >= 15 is 0 Å². The first kappa shape index (κ1) is 22.7. The van der Waals surface area contributed by atoms with Crippen molar-refractivity contribution in [1.29, 1.82) is 0 Å². The minimum absolute atomic E-state index is 0.0530. The molecule has 5 N–H and O–H groups in total. The molecule has 0 radical (unpaired) electrons. The fourth-order valence-electron chi connectivity index (χ4n) is 4.63. The fourth-order valence-corrected chi connectivity index (χ4v) is 4.63. The number of anilines is 2. The lowest BCUT2D eigenvalue weighted by atomic mass is 10.1. The summed E-state index contributed by atoms with van der Waals surface area (Å²) in [6.07, 6.45) is 2.64. The van der Waals surface area contributed by atoms with Gasteiger partial charge < -0.3 is 26.1 Å². The van der Waals surface area contributed by atoms with Crippen LogP contribution in [0.1, 0.15) is 46.9 Å². The van der Waals surface area contributed by atoms with Gasteiger partial charge in [0.1, 0.15) is 0 Å². The highest BCUT2D eigenvalue weighted by atomic mass is 16.2. The molecule has 0 fully saturated rings. The number of unbranched alkanes of at least 4 members (excludes halogenated alkanes) is 2. The van der Waals surface area contributed by atoms with Gasteiger partial charge in [0.25, 0.3) is 11.8 Å². The highest BCUT2D eigenvalue weighted by Crippen LogP contribution is 2.29. The van der Waals surface area contributed by atoms with E-state index in [1.165, 1.54) is 10.9 Å². The molecule has 0 saturated heterocycles. The Morgan fingerprint density at radius 2 is 1.40 bits per heavy atom. The molecular weight excluding hydrogens is 440 g/mol. The van der Waals surface area contributed by atoms with Crippen LogP contribution in [0.25, 0.3) is 21.8 Å². The van der Waals surface area contributed by atoms with E-state index in [1.54, 1.807) is 6.07 Å². The number of amides is 2. The normalized spacial score (nSPS) is 12.3. The van der Waals surface area contributed by atoms with Gasteiger partial charge in [0.2, 0.25) is 0 Å². The molecule has 0 aliphatic carbocycles. The largest absolute Gasteiger partial charge is 0.352 e. The van der Waals surface area contributed by atoms with Gasteiger partial charge in [-0.15, -0.1) is 5.53 Å². The highest BCUT2D eigenvalue weighted by molar-refractivity contribution is 6.10. The number of aromatic nitrogens is 1. The molecule has 1 aliphatic heterocycles. The topological polar surface area (TPSA) is 99.2 Å². The summed E-state index contributed by atoms with van der Waals surface area (Å²) < 4.78 is 2.28. The maximum Gasteiger partial charge on any atom is 0.251 e. The molecule has 0 saturated carbocycles. The zero-order valence-corrected chi connectivity index (χ0v) is 19.8. The van der Waals surface area contributed by atoms with Crippen LogP contribution in [0.2, 0.25) is 0 Å². The molecule has 0 atom stereocenters. The molecule has 2 heterocycles. The molecule has 8 heteroatoms. The van der Waals surface area contributed by atoms with Gasteiger partial charge in [-0.2, -0.15) is 0 Å². The monoisotopic (exact) mass is 470 g/mol. The van der Waals surface area contributed by atoms with Gasteiger partial charge >= 0.3 is 0 Å². The van der Waals surface area contributed by atoms with E-state index < -0.39 is 0 Å².